The third-order valence-corrected chi connectivity index (χ3v) is 6.03. The van der Waals surface area contributed by atoms with Gasteiger partial charge in [0.2, 0.25) is 5.16 Å². The molecule has 0 N–H and O–H groups in total. The van der Waals surface area contributed by atoms with Crippen LogP contribution in [0.25, 0.3) is 16.4 Å². The Balaban J connectivity index is 1.75. The number of hydrogen-bond donors (Lipinski definition) is 0. The lowest BCUT2D eigenvalue weighted by Gasteiger charge is -2.10. The van der Waals surface area contributed by atoms with Gasteiger partial charge in [0.05, 0.1) is 5.39 Å². The summed E-state index contributed by atoms with van der Waals surface area (Å²) in [4.78, 5) is 22.0. The van der Waals surface area contributed by atoms with Gasteiger partial charge in [-0.05, 0) is 28.6 Å². The first-order chi connectivity index (χ1) is 15.2. The van der Waals surface area contributed by atoms with E-state index in [0.717, 1.165) is 18.6 Å². The van der Waals surface area contributed by atoms with Gasteiger partial charge in [-0.25, -0.2) is 4.98 Å². The minimum atomic E-state index is -0.399. The van der Waals surface area contributed by atoms with Crippen molar-refractivity contribution in [1.82, 2.24) is 15.1 Å². The lowest BCUT2D eigenvalue weighted by atomic mass is 10.1. The molecule has 0 aliphatic carbocycles. The number of carbonyl (C=O) groups is 1. The summed E-state index contributed by atoms with van der Waals surface area (Å²) in [5.74, 6) is 0.265. The predicted octanol–water partition coefficient (Wildman–Crippen LogP) is 4.13. The first kappa shape index (κ1) is 21.2. The number of carbonyl (C=O) groups excluding carboxylic acids is 1. The van der Waals surface area contributed by atoms with Crippen molar-refractivity contribution >= 4 is 34.0 Å². The quantitative estimate of drug-likeness (QED) is 0.130. The van der Waals surface area contributed by atoms with Crippen LogP contribution in [-0.4, -0.2) is 26.6 Å². The SMILES string of the molecule is CCCCCCCSc1nc([O-])c2c3ccccc3nc(C(=O)c3ccccc3)[n+]2n1. The molecular formula is C24H24N4O2S. The minimum absolute atomic E-state index is 0.115. The van der Waals surface area contributed by atoms with Crippen molar-refractivity contribution in [2.24, 2.45) is 0 Å². The van der Waals surface area contributed by atoms with Gasteiger partial charge >= 0.3 is 5.82 Å². The molecule has 0 unspecified atom stereocenters. The Hall–Kier alpha value is -3.06. The summed E-state index contributed by atoms with van der Waals surface area (Å²) in [5, 5.41) is 18.5. The fraction of sp³-hybridized carbons (Fsp3) is 0.292. The van der Waals surface area contributed by atoms with Gasteiger partial charge in [-0.1, -0.05) is 91.3 Å². The largest absolute Gasteiger partial charge is 0.856 e. The maximum atomic E-state index is 13.2. The monoisotopic (exact) mass is 432 g/mol. The number of fused-ring (bicyclic) bond motifs is 3. The van der Waals surface area contributed by atoms with E-state index < -0.39 is 5.88 Å². The van der Waals surface area contributed by atoms with Crippen molar-refractivity contribution in [2.75, 3.05) is 5.75 Å². The average molecular weight is 433 g/mol. The van der Waals surface area contributed by atoms with Gasteiger partial charge in [-0.2, -0.15) is 0 Å². The zero-order valence-corrected chi connectivity index (χ0v) is 18.3. The standard InChI is InChI=1S/C24H24N4O2S/c1-2-3-4-5-11-16-31-24-26-23(30)20-18-14-9-10-15-19(18)25-22(28(20)27-24)21(29)17-12-7-6-8-13-17/h6-10,12-15H,2-5,11,16H2,1H3. The molecule has 31 heavy (non-hydrogen) atoms. The normalized spacial score (nSPS) is 11.3. The van der Waals surface area contributed by atoms with Gasteiger partial charge in [-0.3, -0.25) is 4.79 Å². The highest BCUT2D eigenvalue weighted by Crippen LogP contribution is 2.23. The highest BCUT2D eigenvalue weighted by Gasteiger charge is 2.27. The van der Waals surface area contributed by atoms with Crippen LogP contribution in [0.1, 0.15) is 55.2 Å². The molecule has 2 aromatic heterocycles. The number of aromatic nitrogens is 4. The van der Waals surface area contributed by atoms with E-state index in [-0.39, 0.29) is 17.1 Å². The number of hydrogen-bond acceptors (Lipinski definition) is 6. The number of ketones is 1. The van der Waals surface area contributed by atoms with E-state index in [4.69, 9.17) is 0 Å². The van der Waals surface area contributed by atoms with Crippen LogP contribution in [0.15, 0.2) is 59.8 Å². The number of thioether (sulfide) groups is 1. The van der Waals surface area contributed by atoms with Gasteiger partial charge in [-0.15, -0.1) is 0 Å². The number of rotatable bonds is 9. The Labute approximate surface area is 185 Å². The lowest BCUT2D eigenvalue weighted by Crippen LogP contribution is -2.38. The van der Waals surface area contributed by atoms with Crippen molar-refractivity contribution in [3.63, 3.8) is 0 Å². The van der Waals surface area contributed by atoms with Gasteiger partial charge in [0.15, 0.2) is 11.0 Å². The molecule has 7 heteroatoms. The first-order valence-corrected chi connectivity index (χ1v) is 11.6. The predicted molar refractivity (Wildman–Crippen MR) is 119 cm³/mol. The van der Waals surface area contributed by atoms with Crippen LogP contribution >= 0.6 is 11.8 Å². The molecule has 2 heterocycles. The van der Waals surface area contributed by atoms with E-state index in [0.29, 0.717) is 21.6 Å². The van der Waals surface area contributed by atoms with Crippen molar-refractivity contribution in [3.8, 4) is 5.88 Å². The molecule has 6 nitrogen and oxygen atoms in total. The Kier molecular flexibility index (Phi) is 6.72. The van der Waals surface area contributed by atoms with Crippen molar-refractivity contribution < 1.29 is 14.4 Å². The van der Waals surface area contributed by atoms with Crippen LogP contribution in [0, 0.1) is 0 Å². The molecule has 0 saturated heterocycles. The zero-order chi connectivity index (χ0) is 21.6. The van der Waals surface area contributed by atoms with Crippen LogP contribution in [0.3, 0.4) is 0 Å². The molecule has 0 spiro atoms. The van der Waals surface area contributed by atoms with E-state index in [9.17, 15) is 9.90 Å². The van der Waals surface area contributed by atoms with E-state index >= 15 is 0 Å². The Morgan fingerprint density at radius 2 is 1.71 bits per heavy atom. The molecule has 0 radical (unpaired) electrons. The fourth-order valence-corrected chi connectivity index (χ4v) is 4.32. The molecule has 158 valence electrons. The molecule has 0 fully saturated rings. The molecular weight excluding hydrogens is 408 g/mol. The van der Waals surface area contributed by atoms with Crippen molar-refractivity contribution in [3.05, 3.63) is 66.0 Å². The van der Waals surface area contributed by atoms with Crippen LogP contribution in [0.2, 0.25) is 0 Å². The summed E-state index contributed by atoms with van der Waals surface area (Å²) >= 11 is 1.45. The van der Waals surface area contributed by atoms with Gasteiger partial charge < -0.3 is 5.11 Å². The molecule has 0 aliphatic rings. The second-order valence-corrected chi connectivity index (χ2v) is 8.43. The topological polar surface area (TPSA) is 82.9 Å². The van der Waals surface area contributed by atoms with E-state index in [2.05, 4.69) is 22.0 Å². The number of nitrogens with zero attached hydrogens (tertiary/aromatic N) is 4. The van der Waals surface area contributed by atoms with Gasteiger partial charge in [0, 0.05) is 17.2 Å². The second-order valence-electron chi connectivity index (χ2n) is 7.37. The number of para-hydroxylation sites is 1. The molecule has 0 amide bonds. The fourth-order valence-electron chi connectivity index (χ4n) is 3.50. The van der Waals surface area contributed by atoms with Crippen LogP contribution in [-0.2, 0) is 0 Å². The summed E-state index contributed by atoms with van der Waals surface area (Å²) < 4.78 is 1.38. The smallest absolute Gasteiger partial charge is 0.398 e. The zero-order valence-electron chi connectivity index (χ0n) is 17.5. The van der Waals surface area contributed by atoms with E-state index in [1.54, 1.807) is 36.4 Å². The molecule has 4 rings (SSSR count). The Morgan fingerprint density at radius 1 is 0.968 bits per heavy atom. The highest BCUT2D eigenvalue weighted by molar-refractivity contribution is 7.99. The van der Waals surface area contributed by atoms with Gasteiger partial charge in [0.1, 0.15) is 0 Å². The summed E-state index contributed by atoms with van der Waals surface area (Å²) in [7, 11) is 0. The lowest BCUT2D eigenvalue weighted by molar-refractivity contribution is -0.593. The van der Waals surface area contributed by atoms with Crippen LogP contribution in [0.5, 0.6) is 5.88 Å². The number of unbranched alkanes of at least 4 members (excludes halogenated alkanes) is 4. The molecule has 0 aliphatic heterocycles. The van der Waals surface area contributed by atoms with Crippen LogP contribution < -0.4 is 9.62 Å². The molecule has 4 aromatic rings. The van der Waals surface area contributed by atoms with E-state index in [1.165, 1.54) is 35.5 Å². The maximum absolute atomic E-state index is 13.2. The highest BCUT2D eigenvalue weighted by atomic mass is 32.2. The molecule has 0 bridgehead atoms. The summed E-state index contributed by atoms with van der Waals surface area (Å²) in [6, 6.07) is 16.2. The second kappa shape index (κ2) is 9.83. The van der Waals surface area contributed by atoms with Crippen molar-refractivity contribution in [2.45, 2.75) is 44.2 Å². The minimum Gasteiger partial charge on any atom is -0.856 e. The number of benzene rings is 2. The summed E-state index contributed by atoms with van der Waals surface area (Å²) in [5.41, 5.74) is 1.34. The molecule has 2 aromatic carbocycles. The van der Waals surface area contributed by atoms with Crippen molar-refractivity contribution in [1.29, 1.82) is 0 Å². The Bertz CT molecular complexity index is 1210. The average Bonchev–Trinajstić information content (AvgIpc) is 2.80. The molecule has 0 atom stereocenters. The first-order valence-electron chi connectivity index (χ1n) is 10.6. The summed E-state index contributed by atoms with van der Waals surface area (Å²) in [6.45, 7) is 2.19. The summed E-state index contributed by atoms with van der Waals surface area (Å²) in [6.07, 6.45) is 5.84. The molecule has 0 saturated carbocycles. The van der Waals surface area contributed by atoms with Crippen LogP contribution in [0.4, 0.5) is 0 Å². The Morgan fingerprint density at radius 3 is 2.52 bits per heavy atom. The third-order valence-electron chi connectivity index (χ3n) is 5.10. The maximum Gasteiger partial charge on any atom is 0.398 e. The third kappa shape index (κ3) is 4.66. The van der Waals surface area contributed by atoms with Gasteiger partial charge in [0.25, 0.3) is 5.78 Å². The van der Waals surface area contributed by atoms with E-state index in [1.807, 2.05) is 18.2 Å².